The van der Waals surface area contributed by atoms with Crippen molar-refractivity contribution in [2.75, 3.05) is 6.61 Å². The fourth-order valence-electron chi connectivity index (χ4n) is 2.79. The zero-order valence-electron chi connectivity index (χ0n) is 14.8. The summed E-state index contributed by atoms with van der Waals surface area (Å²) in [6, 6.07) is 13.7. The first-order chi connectivity index (χ1) is 12.9. The van der Waals surface area contributed by atoms with Crippen molar-refractivity contribution in [3.8, 4) is 16.9 Å². The van der Waals surface area contributed by atoms with Crippen molar-refractivity contribution < 1.29 is 19.4 Å². The molecule has 0 aliphatic heterocycles. The number of carbonyl (C=O) groups excluding carboxylic acids is 1. The van der Waals surface area contributed by atoms with E-state index in [0.717, 1.165) is 5.56 Å². The molecule has 0 spiro atoms. The van der Waals surface area contributed by atoms with Crippen LogP contribution in [-0.4, -0.2) is 33.4 Å². The predicted octanol–water partition coefficient (Wildman–Crippen LogP) is 4.38. The van der Waals surface area contributed by atoms with Gasteiger partial charge in [-0.1, -0.05) is 23.7 Å². The van der Waals surface area contributed by atoms with E-state index in [1.54, 1.807) is 54.9 Å². The zero-order valence-corrected chi connectivity index (χ0v) is 15.5. The van der Waals surface area contributed by atoms with Gasteiger partial charge in [0, 0.05) is 16.1 Å². The summed E-state index contributed by atoms with van der Waals surface area (Å²) in [5.41, 5.74) is 2.98. The molecule has 0 saturated carbocycles. The van der Waals surface area contributed by atoms with E-state index in [-0.39, 0.29) is 5.69 Å². The van der Waals surface area contributed by atoms with Gasteiger partial charge in [-0.15, -0.1) is 0 Å². The molecule has 1 heterocycles. The predicted molar refractivity (Wildman–Crippen MR) is 102 cm³/mol. The molecule has 6 nitrogen and oxygen atoms in total. The van der Waals surface area contributed by atoms with Crippen molar-refractivity contribution in [3.63, 3.8) is 0 Å². The molecule has 7 heteroatoms. The van der Waals surface area contributed by atoms with Gasteiger partial charge in [-0.05, 0) is 50.2 Å². The van der Waals surface area contributed by atoms with Gasteiger partial charge in [-0.2, -0.15) is 5.10 Å². The van der Waals surface area contributed by atoms with Gasteiger partial charge in [0.05, 0.1) is 23.6 Å². The Morgan fingerprint density at radius 1 is 1.11 bits per heavy atom. The number of esters is 1. The number of hydrogen-bond acceptors (Lipinski definition) is 4. The van der Waals surface area contributed by atoms with Crippen LogP contribution < -0.4 is 0 Å². The number of rotatable bonds is 5. The average molecular weight is 385 g/mol. The Morgan fingerprint density at radius 3 is 2.30 bits per heavy atom. The fourth-order valence-corrected chi connectivity index (χ4v) is 2.91. The summed E-state index contributed by atoms with van der Waals surface area (Å²) in [4.78, 5) is 23.4. The Balaban J connectivity index is 2.12. The van der Waals surface area contributed by atoms with E-state index < -0.39 is 11.9 Å². The van der Waals surface area contributed by atoms with Crippen molar-refractivity contribution in [1.82, 2.24) is 9.78 Å². The quantitative estimate of drug-likeness (QED) is 0.660. The smallest absolute Gasteiger partial charge is 0.356 e. The second-order valence-electron chi connectivity index (χ2n) is 5.81. The average Bonchev–Trinajstić information content (AvgIpc) is 3.00. The van der Waals surface area contributed by atoms with E-state index >= 15 is 0 Å². The maximum Gasteiger partial charge on any atom is 0.356 e. The molecule has 1 aromatic heterocycles. The number of carbonyl (C=O) groups is 2. The highest BCUT2D eigenvalue weighted by atomic mass is 35.5. The first kappa shape index (κ1) is 18.7. The highest BCUT2D eigenvalue weighted by molar-refractivity contribution is 6.30. The van der Waals surface area contributed by atoms with Gasteiger partial charge in [0.15, 0.2) is 5.69 Å². The van der Waals surface area contributed by atoms with E-state index in [0.29, 0.717) is 34.1 Å². The summed E-state index contributed by atoms with van der Waals surface area (Å²) in [5.74, 6) is -1.52. The lowest BCUT2D eigenvalue weighted by Crippen LogP contribution is -2.06. The number of carboxylic acid groups (broad SMARTS) is 1. The second kappa shape index (κ2) is 7.63. The molecule has 0 saturated heterocycles. The third-order valence-electron chi connectivity index (χ3n) is 4.07. The standard InChI is InChI=1S/C20H17ClN2O4/c1-3-27-20(26)14-6-10-16(11-7-14)23-18(12(2)17(22-23)19(24)25)13-4-8-15(21)9-5-13/h4-11H,3H2,1-2H3,(H,24,25). The lowest BCUT2D eigenvalue weighted by atomic mass is 10.1. The second-order valence-corrected chi connectivity index (χ2v) is 6.25. The number of aromatic nitrogens is 2. The molecule has 138 valence electrons. The van der Waals surface area contributed by atoms with E-state index in [9.17, 15) is 14.7 Å². The summed E-state index contributed by atoms with van der Waals surface area (Å²) in [7, 11) is 0. The summed E-state index contributed by atoms with van der Waals surface area (Å²) in [6.07, 6.45) is 0. The maximum atomic E-state index is 11.8. The summed E-state index contributed by atoms with van der Waals surface area (Å²) >= 11 is 5.96. The van der Waals surface area contributed by atoms with Gasteiger partial charge in [0.2, 0.25) is 0 Å². The van der Waals surface area contributed by atoms with Crippen LogP contribution in [0.3, 0.4) is 0 Å². The van der Waals surface area contributed by atoms with E-state index in [4.69, 9.17) is 16.3 Å². The van der Waals surface area contributed by atoms with E-state index in [2.05, 4.69) is 5.10 Å². The van der Waals surface area contributed by atoms with Crippen molar-refractivity contribution in [1.29, 1.82) is 0 Å². The maximum absolute atomic E-state index is 11.8. The van der Waals surface area contributed by atoms with Gasteiger partial charge in [-0.25, -0.2) is 14.3 Å². The lowest BCUT2D eigenvalue weighted by molar-refractivity contribution is 0.0526. The molecule has 0 fully saturated rings. The Kier molecular flexibility index (Phi) is 5.28. The van der Waals surface area contributed by atoms with Crippen molar-refractivity contribution in [3.05, 3.63) is 70.4 Å². The molecule has 3 aromatic rings. The van der Waals surface area contributed by atoms with Crippen LogP contribution in [0, 0.1) is 6.92 Å². The minimum Gasteiger partial charge on any atom is -0.476 e. The normalized spacial score (nSPS) is 10.6. The monoisotopic (exact) mass is 384 g/mol. The van der Waals surface area contributed by atoms with Gasteiger partial charge >= 0.3 is 11.9 Å². The molecule has 2 aromatic carbocycles. The van der Waals surface area contributed by atoms with Crippen LogP contribution in [0.15, 0.2) is 48.5 Å². The van der Waals surface area contributed by atoms with Gasteiger partial charge in [-0.3, -0.25) is 0 Å². The van der Waals surface area contributed by atoms with Crippen LogP contribution in [0.25, 0.3) is 16.9 Å². The molecule has 0 aliphatic rings. The highest BCUT2D eigenvalue weighted by Crippen LogP contribution is 2.30. The molecule has 27 heavy (non-hydrogen) atoms. The lowest BCUT2D eigenvalue weighted by Gasteiger charge is -2.10. The summed E-state index contributed by atoms with van der Waals surface area (Å²) in [5, 5.41) is 14.3. The number of hydrogen-bond donors (Lipinski definition) is 1. The molecule has 0 amide bonds. The molecule has 0 radical (unpaired) electrons. The van der Waals surface area contributed by atoms with Crippen LogP contribution >= 0.6 is 11.6 Å². The summed E-state index contributed by atoms with van der Waals surface area (Å²) in [6.45, 7) is 3.75. The van der Waals surface area contributed by atoms with E-state index in [1.165, 1.54) is 0 Å². The van der Waals surface area contributed by atoms with Crippen LogP contribution in [0.2, 0.25) is 5.02 Å². The van der Waals surface area contributed by atoms with Gasteiger partial charge in [0.1, 0.15) is 0 Å². The third-order valence-corrected chi connectivity index (χ3v) is 4.32. The molecule has 0 aliphatic carbocycles. The molecule has 3 rings (SSSR count). The number of benzene rings is 2. The number of nitrogens with zero attached hydrogens (tertiary/aromatic N) is 2. The van der Waals surface area contributed by atoms with Crippen LogP contribution in [-0.2, 0) is 4.74 Å². The minimum absolute atomic E-state index is 0.0329. The largest absolute Gasteiger partial charge is 0.476 e. The van der Waals surface area contributed by atoms with Gasteiger partial charge in [0.25, 0.3) is 0 Å². The molecule has 1 N–H and O–H groups in total. The number of halogens is 1. The third kappa shape index (κ3) is 3.71. The topological polar surface area (TPSA) is 81.4 Å². The number of aromatic carboxylic acids is 1. The Morgan fingerprint density at radius 2 is 1.74 bits per heavy atom. The van der Waals surface area contributed by atoms with Crippen molar-refractivity contribution in [2.45, 2.75) is 13.8 Å². The SMILES string of the molecule is CCOC(=O)c1ccc(-n2nc(C(=O)O)c(C)c2-c2ccc(Cl)cc2)cc1. The van der Waals surface area contributed by atoms with Gasteiger partial charge < -0.3 is 9.84 Å². The summed E-state index contributed by atoms with van der Waals surface area (Å²) < 4.78 is 6.53. The van der Waals surface area contributed by atoms with Crippen LogP contribution in [0.1, 0.15) is 33.3 Å². The zero-order chi connectivity index (χ0) is 19.6. The molecular weight excluding hydrogens is 368 g/mol. The fraction of sp³-hybridized carbons (Fsp3) is 0.150. The van der Waals surface area contributed by atoms with E-state index in [1.807, 2.05) is 12.1 Å². The Bertz CT molecular complexity index is 992. The Labute approximate surface area is 161 Å². The van der Waals surface area contributed by atoms with Crippen LogP contribution in [0.5, 0.6) is 0 Å². The number of ether oxygens (including phenoxy) is 1. The van der Waals surface area contributed by atoms with Crippen LogP contribution in [0.4, 0.5) is 0 Å². The highest BCUT2D eigenvalue weighted by Gasteiger charge is 2.21. The Hall–Kier alpha value is -3.12. The first-order valence-corrected chi connectivity index (χ1v) is 8.66. The molecule has 0 atom stereocenters. The van der Waals surface area contributed by atoms with Crippen molar-refractivity contribution >= 4 is 23.5 Å². The minimum atomic E-state index is -1.11. The molecule has 0 bridgehead atoms. The molecule has 0 unspecified atom stereocenters. The molecular formula is C20H17ClN2O4. The number of carboxylic acids is 1. The van der Waals surface area contributed by atoms with Crippen molar-refractivity contribution in [2.24, 2.45) is 0 Å². The first-order valence-electron chi connectivity index (χ1n) is 8.28.